The van der Waals surface area contributed by atoms with Gasteiger partial charge in [0, 0.05) is 7.11 Å². The maximum Gasteiger partial charge on any atom is 0.0843 e. The monoisotopic (exact) mass is 398 g/mol. The molecule has 0 amide bonds. The summed E-state index contributed by atoms with van der Waals surface area (Å²) in [6.07, 6.45) is 10.2. The summed E-state index contributed by atoms with van der Waals surface area (Å²) in [7, 11) is 1.87. The van der Waals surface area contributed by atoms with Crippen molar-refractivity contribution in [1.29, 1.82) is 0 Å². The highest BCUT2D eigenvalue weighted by Gasteiger charge is 2.57. The fraction of sp³-hybridized carbons (Fsp3) is 0.769. The summed E-state index contributed by atoms with van der Waals surface area (Å²) in [6.45, 7) is 3.07. The van der Waals surface area contributed by atoms with Crippen LogP contribution in [0.1, 0.15) is 63.9 Å². The predicted octanol–water partition coefficient (Wildman–Crippen LogP) is 5.21. The van der Waals surface area contributed by atoms with Crippen LogP contribution in [0.4, 0.5) is 0 Å². The third-order valence-corrected chi connectivity index (χ3v) is 9.53. The molecule has 0 heterocycles. The quantitative estimate of drug-likeness (QED) is 0.757. The molecule has 1 N–H and O–H groups in total. The van der Waals surface area contributed by atoms with Crippen molar-refractivity contribution in [3.8, 4) is 0 Å². The largest absolute Gasteiger partial charge is 0.393 e. The van der Waals surface area contributed by atoms with Crippen molar-refractivity contribution < 1.29 is 14.6 Å². The first-order chi connectivity index (χ1) is 14.1. The summed E-state index contributed by atoms with van der Waals surface area (Å²) in [4.78, 5) is 0. The Kier molecular flexibility index (Phi) is 5.51. The number of hydrogen-bond acceptors (Lipinski definition) is 3. The molecule has 9 atom stereocenters. The lowest BCUT2D eigenvalue weighted by molar-refractivity contribution is -0.146. The Morgan fingerprint density at radius 3 is 2.55 bits per heavy atom. The molecule has 160 valence electrons. The number of aliphatic hydroxyl groups is 1. The first-order valence-corrected chi connectivity index (χ1v) is 12.0. The number of hydrogen-bond donors (Lipinski definition) is 1. The summed E-state index contributed by atoms with van der Waals surface area (Å²) in [5.41, 5.74) is 1.43. The standard InChI is InChI=1S/C26H38O3/c1-26-13-12-19-20(22(26)10-11-25(26)27)9-8-18-14-24(23(28-2)15-21(18)19)29-16-17-6-4-3-5-7-17/h3-7,18-25,27H,8-16H2,1-2H3/t18?,19?,20?,21?,22?,23?,24?,25-,26-/m0/s1. The van der Waals surface area contributed by atoms with E-state index in [-0.39, 0.29) is 23.7 Å². The molecule has 0 saturated heterocycles. The summed E-state index contributed by atoms with van der Waals surface area (Å²) in [6, 6.07) is 10.5. The zero-order valence-electron chi connectivity index (χ0n) is 18.1. The van der Waals surface area contributed by atoms with Gasteiger partial charge in [-0.1, -0.05) is 37.3 Å². The number of aliphatic hydroxyl groups excluding tert-OH is 1. The molecule has 0 aliphatic heterocycles. The van der Waals surface area contributed by atoms with Gasteiger partial charge in [-0.2, -0.15) is 0 Å². The van der Waals surface area contributed by atoms with Gasteiger partial charge in [0.05, 0.1) is 24.9 Å². The second-order valence-electron chi connectivity index (χ2n) is 10.7. The fourth-order valence-corrected chi connectivity index (χ4v) is 7.94. The molecule has 5 rings (SSSR count). The molecule has 4 saturated carbocycles. The van der Waals surface area contributed by atoms with Crippen molar-refractivity contribution >= 4 is 0 Å². The molecule has 1 aromatic rings. The number of fused-ring (bicyclic) bond motifs is 5. The first-order valence-electron chi connectivity index (χ1n) is 12.0. The van der Waals surface area contributed by atoms with Crippen molar-refractivity contribution in [3.05, 3.63) is 35.9 Å². The minimum absolute atomic E-state index is 0.0694. The fourth-order valence-electron chi connectivity index (χ4n) is 7.94. The molecule has 0 radical (unpaired) electrons. The molecular formula is C26H38O3. The second-order valence-corrected chi connectivity index (χ2v) is 10.7. The summed E-state index contributed by atoms with van der Waals surface area (Å²) < 4.78 is 12.4. The van der Waals surface area contributed by atoms with E-state index >= 15 is 0 Å². The van der Waals surface area contributed by atoms with Crippen LogP contribution in [0.2, 0.25) is 0 Å². The smallest absolute Gasteiger partial charge is 0.0843 e. The second kappa shape index (κ2) is 7.98. The minimum atomic E-state index is -0.0694. The highest BCUT2D eigenvalue weighted by atomic mass is 16.5. The molecule has 0 bridgehead atoms. The molecule has 3 nitrogen and oxygen atoms in total. The molecule has 0 aromatic heterocycles. The normalized spacial score (nSPS) is 46.6. The minimum Gasteiger partial charge on any atom is -0.393 e. The third kappa shape index (κ3) is 3.47. The van der Waals surface area contributed by atoms with E-state index in [9.17, 15) is 5.11 Å². The van der Waals surface area contributed by atoms with Crippen molar-refractivity contribution in [2.75, 3.05) is 7.11 Å². The van der Waals surface area contributed by atoms with Gasteiger partial charge in [-0.05, 0) is 91.9 Å². The van der Waals surface area contributed by atoms with E-state index in [0.29, 0.717) is 6.61 Å². The Balaban J connectivity index is 1.27. The van der Waals surface area contributed by atoms with E-state index in [4.69, 9.17) is 9.47 Å². The highest BCUT2D eigenvalue weighted by Crippen LogP contribution is 2.62. The van der Waals surface area contributed by atoms with Gasteiger partial charge >= 0.3 is 0 Å². The van der Waals surface area contributed by atoms with E-state index in [1.807, 2.05) is 7.11 Å². The topological polar surface area (TPSA) is 38.7 Å². The van der Waals surface area contributed by atoms with Crippen molar-refractivity contribution in [2.45, 2.75) is 83.2 Å². The molecule has 4 fully saturated rings. The van der Waals surface area contributed by atoms with E-state index < -0.39 is 0 Å². The van der Waals surface area contributed by atoms with Crippen LogP contribution in [-0.2, 0) is 16.1 Å². The van der Waals surface area contributed by atoms with Gasteiger partial charge in [0.15, 0.2) is 0 Å². The van der Waals surface area contributed by atoms with Crippen LogP contribution in [0.3, 0.4) is 0 Å². The third-order valence-electron chi connectivity index (χ3n) is 9.53. The van der Waals surface area contributed by atoms with Crippen LogP contribution in [0.25, 0.3) is 0 Å². The molecule has 29 heavy (non-hydrogen) atoms. The van der Waals surface area contributed by atoms with Gasteiger partial charge < -0.3 is 14.6 Å². The molecule has 4 aliphatic carbocycles. The Labute approximate surface area is 176 Å². The number of methoxy groups -OCH3 is 1. The van der Waals surface area contributed by atoms with Crippen LogP contribution in [0, 0.1) is 35.0 Å². The van der Waals surface area contributed by atoms with Crippen molar-refractivity contribution in [3.63, 3.8) is 0 Å². The number of benzene rings is 1. The Morgan fingerprint density at radius 1 is 0.931 bits per heavy atom. The molecule has 1 aromatic carbocycles. The number of ether oxygens (including phenoxy) is 2. The lowest BCUT2D eigenvalue weighted by Crippen LogP contribution is -2.52. The summed E-state index contributed by atoms with van der Waals surface area (Å²) in [5.74, 6) is 3.98. The number of rotatable bonds is 4. The molecule has 4 aliphatic rings. The Bertz CT molecular complexity index is 690. The van der Waals surface area contributed by atoms with E-state index in [2.05, 4.69) is 37.3 Å². The Hall–Kier alpha value is -0.900. The van der Waals surface area contributed by atoms with Gasteiger partial charge in [-0.25, -0.2) is 0 Å². The maximum atomic E-state index is 10.6. The zero-order chi connectivity index (χ0) is 20.0. The van der Waals surface area contributed by atoms with Crippen molar-refractivity contribution in [2.24, 2.45) is 35.0 Å². The van der Waals surface area contributed by atoms with Gasteiger partial charge in [0.25, 0.3) is 0 Å². The maximum absolute atomic E-state index is 10.6. The van der Waals surface area contributed by atoms with Crippen LogP contribution >= 0.6 is 0 Å². The van der Waals surface area contributed by atoms with E-state index in [1.54, 1.807) is 0 Å². The lowest BCUT2D eigenvalue weighted by atomic mass is 9.50. The predicted molar refractivity (Wildman–Crippen MR) is 114 cm³/mol. The van der Waals surface area contributed by atoms with Crippen LogP contribution in [-0.4, -0.2) is 30.5 Å². The van der Waals surface area contributed by atoms with E-state index in [0.717, 1.165) is 48.9 Å². The average molecular weight is 399 g/mol. The highest BCUT2D eigenvalue weighted by molar-refractivity contribution is 5.13. The average Bonchev–Trinajstić information content (AvgIpc) is 3.06. The first kappa shape index (κ1) is 20.0. The van der Waals surface area contributed by atoms with Crippen LogP contribution in [0.15, 0.2) is 30.3 Å². The molecule has 0 spiro atoms. The summed E-state index contributed by atoms with van der Waals surface area (Å²) >= 11 is 0. The molecular weight excluding hydrogens is 360 g/mol. The molecule has 7 unspecified atom stereocenters. The lowest BCUT2D eigenvalue weighted by Gasteiger charge is -2.56. The SMILES string of the molecule is COC1CC2C(CCC3C2CC[C@@]2(C)C3CC[C@@H]2O)CC1OCc1ccccc1. The summed E-state index contributed by atoms with van der Waals surface area (Å²) in [5, 5.41) is 10.6. The van der Waals surface area contributed by atoms with Crippen LogP contribution < -0.4 is 0 Å². The van der Waals surface area contributed by atoms with Gasteiger partial charge in [-0.15, -0.1) is 0 Å². The Morgan fingerprint density at radius 2 is 1.76 bits per heavy atom. The molecule has 3 heteroatoms. The van der Waals surface area contributed by atoms with Crippen molar-refractivity contribution in [1.82, 2.24) is 0 Å². The van der Waals surface area contributed by atoms with Crippen LogP contribution in [0.5, 0.6) is 0 Å². The zero-order valence-corrected chi connectivity index (χ0v) is 18.1. The van der Waals surface area contributed by atoms with E-state index in [1.165, 1.54) is 37.7 Å². The van der Waals surface area contributed by atoms with Gasteiger partial charge in [0.2, 0.25) is 0 Å². The van der Waals surface area contributed by atoms with Gasteiger partial charge in [-0.3, -0.25) is 0 Å². The van der Waals surface area contributed by atoms with Gasteiger partial charge in [0.1, 0.15) is 0 Å².